The highest BCUT2D eigenvalue weighted by Crippen LogP contribution is 2.31. The molecule has 2 rings (SSSR count). The van der Waals surface area contributed by atoms with Gasteiger partial charge in [0.1, 0.15) is 17.1 Å². The molecule has 0 spiro atoms. The minimum Gasteiger partial charge on any atom is -0.477 e. The lowest BCUT2D eigenvalue weighted by Crippen LogP contribution is -2.03. The fourth-order valence-corrected chi connectivity index (χ4v) is 1.98. The van der Waals surface area contributed by atoms with E-state index in [2.05, 4.69) is 5.16 Å². The Hall–Kier alpha value is -2.17. The number of nitrogens with zero attached hydrogens (tertiary/aromatic N) is 1. The van der Waals surface area contributed by atoms with Crippen molar-refractivity contribution >= 4 is 5.97 Å². The second kappa shape index (κ2) is 4.84. The number of carboxylic acids is 1. The summed E-state index contributed by atoms with van der Waals surface area (Å²) in [5.41, 5.74) is 1.47. The maximum absolute atomic E-state index is 13.1. The summed E-state index contributed by atoms with van der Waals surface area (Å²) in [5.74, 6) is -1.23. The van der Waals surface area contributed by atoms with E-state index >= 15 is 0 Å². The molecule has 5 heteroatoms. The van der Waals surface area contributed by atoms with Crippen LogP contribution in [0.2, 0.25) is 0 Å². The lowest BCUT2D eigenvalue weighted by Gasteiger charge is -2.04. The molecular formula is C14H14FNO3. The summed E-state index contributed by atoms with van der Waals surface area (Å²) >= 11 is 0. The number of rotatable bonds is 3. The zero-order valence-corrected chi connectivity index (χ0v) is 10.9. The predicted molar refractivity (Wildman–Crippen MR) is 67.7 cm³/mol. The first-order valence-corrected chi connectivity index (χ1v) is 5.91. The van der Waals surface area contributed by atoms with Gasteiger partial charge in [-0.25, -0.2) is 9.18 Å². The van der Waals surface area contributed by atoms with E-state index in [1.54, 1.807) is 6.92 Å². The van der Waals surface area contributed by atoms with E-state index in [0.29, 0.717) is 16.9 Å². The Kier molecular flexibility index (Phi) is 3.38. The maximum Gasteiger partial charge on any atom is 0.341 e. The van der Waals surface area contributed by atoms with E-state index in [1.165, 1.54) is 18.2 Å². The molecule has 2 aromatic rings. The summed E-state index contributed by atoms with van der Waals surface area (Å²) < 4.78 is 18.2. The predicted octanol–water partition coefficient (Wildman–Crippen LogP) is 3.61. The molecule has 1 heterocycles. The third-order valence-corrected chi connectivity index (χ3v) is 2.90. The van der Waals surface area contributed by atoms with Gasteiger partial charge in [-0.1, -0.05) is 19.0 Å². The van der Waals surface area contributed by atoms with Crippen molar-refractivity contribution in [3.8, 4) is 11.3 Å². The van der Waals surface area contributed by atoms with E-state index in [-0.39, 0.29) is 23.0 Å². The highest BCUT2D eigenvalue weighted by Gasteiger charge is 2.26. The lowest BCUT2D eigenvalue weighted by molar-refractivity contribution is 0.0694. The fraction of sp³-hybridized carbons (Fsp3) is 0.286. The van der Waals surface area contributed by atoms with Crippen LogP contribution >= 0.6 is 0 Å². The van der Waals surface area contributed by atoms with Crippen molar-refractivity contribution in [2.75, 3.05) is 0 Å². The molecule has 0 radical (unpaired) electrons. The molecule has 0 aliphatic heterocycles. The molecule has 0 atom stereocenters. The highest BCUT2D eigenvalue weighted by molar-refractivity contribution is 5.96. The normalized spacial score (nSPS) is 11.0. The van der Waals surface area contributed by atoms with Crippen LogP contribution in [0.4, 0.5) is 4.39 Å². The second-order valence-electron chi connectivity index (χ2n) is 4.69. The van der Waals surface area contributed by atoms with Crippen LogP contribution in [0.3, 0.4) is 0 Å². The van der Waals surface area contributed by atoms with Crippen LogP contribution in [-0.4, -0.2) is 16.2 Å². The summed E-state index contributed by atoms with van der Waals surface area (Å²) in [6.07, 6.45) is 0. The summed E-state index contributed by atoms with van der Waals surface area (Å²) in [7, 11) is 0. The minimum absolute atomic E-state index is 0.0460. The van der Waals surface area contributed by atoms with Crippen LogP contribution in [0.5, 0.6) is 0 Å². The zero-order chi connectivity index (χ0) is 14.2. The molecule has 0 unspecified atom stereocenters. The van der Waals surface area contributed by atoms with E-state index in [9.17, 15) is 14.3 Å². The highest BCUT2D eigenvalue weighted by atomic mass is 19.1. The van der Waals surface area contributed by atoms with E-state index in [4.69, 9.17) is 4.52 Å². The number of hydrogen-bond donors (Lipinski definition) is 1. The van der Waals surface area contributed by atoms with Crippen molar-refractivity contribution in [2.45, 2.75) is 26.7 Å². The number of aromatic carboxylic acids is 1. The van der Waals surface area contributed by atoms with Gasteiger partial charge in [-0.05, 0) is 30.7 Å². The molecule has 0 aliphatic rings. The monoisotopic (exact) mass is 263 g/mol. The molecule has 100 valence electrons. The van der Waals surface area contributed by atoms with Crippen molar-refractivity contribution in [1.82, 2.24) is 5.16 Å². The molecule has 0 saturated carbocycles. The number of aryl methyl sites for hydroxylation is 1. The number of carboxylic acid groups (broad SMARTS) is 1. The van der Waals surface area contributed by atoms with Crippen molar-refractivity contribution in [3.63, 3.8) is 0 Å². The summed E-state index contributed by atoms with van der Waals surface area (Å²) in [6.45, 7) is 5.36. The Labute approximate surface area is 109 Å². The van der Waals surface area contributed by atoms with Gasteiger partial charge in [0.2, 0.25) is 0 Å². The van der Waals surface area contributed by atoms with Gasteiger partial charge in [-0.3, -0.25) is 0 Å². The summed E-state index contributed by atoms with van der Waals surface area (Å²) in [4.78, 5) is 11.4. The van der Waals surface area contributed by atoms with Gasteiger partial charge in [0, 0.05) is 11.5 Å². The molecule has 0 amide bonds. The van der Waals surface area contributed by atoms with Crippen molar-refractivity contribution < 1.29 is 18.8 Å². The second-order valence-corrected chi connectivity index (χ2v) is 4.69. The Morgan fingerprint density at radius 2 is 2.11 bits per heavy atom. The van der Waals surface area contributed by atoms with Gasteiger partial charge < -0.3 is 9.63 Å². The average Bonchev–Trinajstić information content (AvgIpc) is 2.73. The van der Waals surface area contributed by atoms with Crippen LogP contribution in [0, 0.1) is 12.7 Å². The Bertz CT molecular complexity index is 632. The summed E-state index contributed by atoms with van der Waals surface area (Å²) in [6, 6.07) is 4.13. The molecule has 1 aromatic carbocycles. The van der Waals surface area contributed by atoms with Crippen LogP contribution in [0.25, 0.3) is 11.3 Å². The molecule has 19 heavy (non-hydrogen) atoms. The first kappa shape index (κ1) is 13.3. The third kappa shape index (κ3) is 2.36. The number of halogens is 1. The van der Waals surface area contributed by atoms with Crippen molar-refractivity contribution in [2.24, 2.45) is 0 Å². The molecule has 1 N–H and O–H groups in total. The van der Waals surface area contributed by atoms with Crippen molar-refractivity contribution in [1.29, 1.82) is 0 Å². The van der Waals surface area contributed by atoms with E-state index in [1.807, 2.05) is 13.8 Å². The van der Waals surface area contributed by atoms with Gasteiger partial charge >= 0.3 is 5.97 Å². The molecular weight excluding hydrogens is 249 g/mol. The van der Waals surface area contributed by atoms with E-state index in [0.717, 1.165) is 0 Å². The van der Waals surface area contributed by atoms with Gasteiger partial charge in [-0.2, -0.15) is 0 Å². The third-order valence-electron chi connectivity index (χ3n) is 2.90. The largest absolute Gasteiger partial charge is 0.477 e. The number of hydrogen-bond acceptors (Lipinski definition) is 3. The standard InChI is InChI=1S/C14H14FNO3/c1-7(2)13-11(14(17)18)12(16-19-13)10-5-4-9(15)6-8(10)3/h4-7H,1-3H3,(H,17,18). The lowest BCUT2D eigenvalue weighted by atomic mass is 9.98. The van der Waals surface area contributed by atoms with Crippen LogP contribution in [-0.2, 0) is 0 Å². The Balaban J connectivity index is 2.66. The number of benzene rings is 1. The van der Waals surface area contributed by atoms with Crippen molar-refractivity contribution in [3.05, 3.63) is 40.9 Å². The Morgan fingerprint density at radius 1 is 1.42 bits per heavy atom. The first-order valence-electron chi connectivity index (χ1n) is 5.91. The van der Waals surface area contributed by atoms with E-state index < -0.39 is 5.97 Å². The molecule has 0 fully saturated rings. The van der Waals surface area contributed by atoms with Crippen LogP contribution in [0.15, 0.2) is 22.7 Å². The molecule has 4 nitrogen and oxygen atoms in total. The smallest absolute Gasteiger partial charge is 0.341 e. The molecule has 0 saturated heterocycles. The molecule has 1 aromatic heterocycles. The van der Waals surface area contributed by atoms with Gasteiger partial charge in [0.25, 0.3) is 0 Å². The number of carbonyl (C=O) groups is 1. The van der Waals surface area contributed by atoms with Gasteiger partial charge in [0.05, 0.1) is 0 Å². The topological polar surface area (TPSA) is 63.3 Å². The van der Waals surface area contributed by atoms with Crippen LogP contribution < -0.4 is 0 Å². The fourth-order valence-electron chi connectivity index (χ4n) is 1.98. The minimum atomic E-state index is -1.09. The first-order chi connectivity index (χ1) is 8.91. The van der Waals surface area contributed by atoms with Gasteiger partial charge in [-0.15, -0.1) is 0 Å². The number of aromatic nitrogens is 1. The van der Waals surface area contributed by atoms with Crippen LogP contribution in [0.1, 0.15) is 41.4 Å². The van der Waals surface area contributed by atoms with Gasteiger partial charge in [0.15, 0.2) is 5.76 Å². The molecule has 0 aliphatic carbocycles. The quantitative estimate of drug-likeness (QED) is 0.918. The maximum atomic E-state index is 13.1. The zero-order valence-electron chi connectivity index (χ0n) is 10.9. The summed E-state index contributed by atoms with van der Waals surface area (Å²) in [5, 5.41) is 13.2. The molecule has 0 bridgehead atoms. The SMILES string of the molecule is Cc1cc(F)ccc1-c1noc(C(C)C)c1C(=O)O. The Morgan fingerprint density at radius 3 is 2.63 bits per heavy atom. The average molecular weight is 263 g/mol.